The van der Waals surface area contributed by atoms with Crippen molar-refractivity contribution in [1.29, 1.82) is 0 Å². The van der Waals surface area contributed by atoms with Gasteiger partial charge < -0.3 is 4.74 Å². The predicted octanol–water partition coefficient (Wildman–Crippen LogP) is 4.62. The minimum absolute atomic E-state index is 0.0134. The van der Waals surface area contributed by atoms with Crippen LogP contribution in [-0.4, -0.2) is 4.92 Å². The maximum atomic E-state index is 13.2. The molecule has 0 aromatic heterocycles. The first-order valence-electron chi connectivity index (χ1n) is 5.48. The van der Waals surface area contributed by atoms with Crippen molar-refractivity contribution < 1.29 is 14.1 Å². The van der Waals surface area contributed by atoms with Gasteiger partial charge in [-0.05, 0) is 12.1 Å². The molecule has 0 N–H and O–H groups in total. The predicted molar refractivity (Wildman–Crippen MR) is 73.8 cm³/mol. The van der Waals surface area contributed by atoms with E-state index >= 15 is 0 Å². The van der Waals surface area contributed by atoms with E-state index in [2.05, 4.69) is 0 Å². The van der Waals surface area contributed by atoms with Gasteiger partial charge in [-0.2, -0.15) is 0 Å². The quantitative estimate of drug-likeness (QED) is 0.611. The number of nitro benzene ring substituents is 1. The van der Waals surface area contributed by atoms with E-state index in [1.54, 1.807) is 6.07 Å². The Hall–Kier alpha value is -1.85. The summed E-state index contributed by atoms with van der Waals surface area (Å²) in [6.45, 7) is 0.0325. The molecule has 0 heterocycles. The Balaban J connectivity index is 2.13. The fourth-order valence-electron chi connectivity index (χ4n) is 1.55. The van der Waals surface area contributed by atoms with Crippen LogP contribution in [0.25, 0.3) is 0 Å². The standard InChI is InChI=1S/C13H8Cl2FNO3/c14-10-6-9(4-5-12(10)17(18)19)20-7-8-2-1-3-11(16)13(8)15/h1-6H,7H2. The highest BCUT2D eigenvalue weighted by molar-refractivity contribution is 6.32. The molecule has 0 bridgehead atoms. The highest BCUT2D eigenvalue weighted by Gasteiger charge is 2.13. The molecule has 0 fully saturated rings. The molecular formula is C13H8Cl2FNO3. The number of hydrogen-bond acceptors (Lipinski definition) is 3. The van der Waals surface area contributed by atoms with Crippen LogP contribution in [0.2, 0.25) is 10.0 Å². The van der Waals surface area contributed by atoms with E-state index in [-0.39, 0.29) is 22.3 Å². The van der Waals surface area contributed by atoms with Gasteiger partial charge in [-0.15, -0.1) is 0 Å². The largest absolute Gasteiger partial charge is 0.489 e. The molecule has 0 saturated carbocycles. The summed E-state index contributed by atoms with van der Waals surface area (Å²) < 4.78 is 18.6. The monoisotopic (exact) mass is 315 g/mol. The molecule has 0 unspecified atom stereocenters. The Morgan fingerprint density at radius 3 is 2.65 bits per heavy atom. The molecule has 0 aliphatic heterocycles. The number of nitrogens with zero attached hydrogens (tertiary/aromatic N) is 1. The van der Waals surface area contributed by atoms with Crippen molar-refractivity contribution >= 4 is 28.9 Å². The van der Waals surface area contributed by atoms with Crippen LogP contribution < -0.4 is 4.74 Å². The molecule has 0 amide bonds. The van der Waals surface area contributed by atoms with Gasteiger partial charge in [-0.1, -0.05) is 35.3 Å². The minimum atomic E-state index is -0.588. The summed E-state index contributed by atoms with van der Waals surface area (Å²) in [5, 5.41) is 10.6. The molecule has 0 aliphatic carbocycles. The lowest BCUT2D eigenvalue weighted by molar-refractivity contribution is -0.384. The van der Waals surface area contributed by atoms with Gasteiger partial charge in [-0.25, -0.2) is 4.39 Å². The van der Waals surface area contributed by atoms with Crippen LogP contribution in [0.1, 0.15) is 5.56 Å². The first-order chi connectivity index (χ1) is 9.49. The van der Waals surface area contributed by atoms with E-state index in [9.17, 15) is 14.5 Å². The second-order valence-electron chi connectivity index (χ2n) is 3.87. The summed E-state index contributed by atoms with van der Waals surface area (Å²) in [4.78, 5) is 10.0. The molecule has 2 aromatic rings. The van der Waals surface area contributed by atoms with Gasteiger partial charge in [0, 0.05) is 17.7 Å². The number of nitro groups is 1. The third-order valence-corrected chi connectivity index (χ3v) is 3.27. The zero-order valence-corrected chi connectivity index (χ0v) is 11.5. The van der Waals surface area contributed by atoms with E-state index in [0.717, 1.165) is 0 Å². The molecule has 104 valence electrons. The van der Waals surface area contributed by atoms with Crippen LogP contribution in [0.4, 0.5) is 10.1 Å². The first kappa shape index (κ1) is 14.6. The topological polar surface area (TPSA) is 52.4 Å². The highest BCUT2D eigenvalue weighted by atomic mass is 35.5. The van der Waals surface area contributed by atoms with Gasteiger partial charge in [-0.3, -0.25) is 10.1 Å². The SMILES string of the molecule is O=[N+]([O-])c1ccc(OCc2cccc(F)c2Cl)cc1Cl. The van der Waals surface area contributed by atoms with Crippen molar-refractivity contribution in [2.24, 2.45) is 0 Å². The van der Waals surface area contributed by atoms with Crippen molar-refractivity contribution in [2.45, 2.75) is 6.61 Å². The lowest BCUT2D eigenvalue weighted by Gasteiger charge is -2.08. The maximum Gasteiger partial charge on any atom is 0.288 e. The zero-order valence-electron chi connectivity index (χ0n) is 9.98. The van der Waals surface area contributed by atoms with Crippen molar-refractivity contribution in [3.63, 3.8) is 0 Å². The van der Waals surface area contributed by atoms with Crippen LogP contribution in [0.15, 0.2) is 36.4 Å². The molecule has 7 heteroatoms. The van der Waals surface area contributed by atoms with Gasteiger partial charge in [0.1, 0.15) is 23.2 Å². The molecular weight excluding hydrogens is 308 g/mol. The van der Waals surface area contributed by atoms with Crippen LogP contribution in [0.5, 0.6) is 5.75 Å². The second-order valence-corrected chi connectivity index (χ2v) is 4.66. The minimum Gasteiger partial charge on any atom is -0.489 e. The van der Waals surface area contributed by atoms with Gasteiger partial charge in [0.05, 0.1) is 9.95 Å². The van der Waals surface area contributed by atoms with Gasteiger partial charge in [0.2, 0.25) is 0 Å². The van der Waals surface area contributed by atoms with Gasteiger partial charge in [0.25, 0.3) is 5.69 Å². The summed E-state index contributed by atoms with van der Waals surface area (Å²) >= 11 is 11.5. The molecule has 0 atom stereocenters. The Kier molecular flexibility index (Phi) is 4.42. The Morgan fingerprint density at radius 2 is 2.00 bits per heavy atom. The molecule has 20 heavy (non-hydrogen) atoms. The molecule has 0 saturated heterocycles. The second kappa shape index (κ2) is 6.07. The highest BCUT2D eigenvalue weighted by Crippen LogP contribution is 2.29. The number of ether oxygens (including phenoxy) is 1. The zero-order chi connectivity index (χ0) is 14.7. The van der Waals surface area contributed by atoms with Crippen LogP contribution in [0, 0.1) is 15.9 Å². The summed E-state index contributed by atoms with van der Waals surface area (Å²) in [5.74, 6) is -0.199. The third-order valence-electron chi connectivity index (χ3n) is 2.54. The van der Waals surface area contributed by atoms with E-state index in [1.165, 1.54) is 30.3 Å². The van der Waals surface area contributed by atoms with Crippen molar-refractivity contribution in [2.75, 3.05) is 0 Å². The molecule has 4 nitrogen and oxygen atoms in total. The van der Waals surface area contributed by atoms with Crippen LogP contribution >= 0.6 is 23.2 Å². The van der Waals surface area contributed by atoms with Gasteiger partial charge in [0.15, 0.2) is 0 Å². The summed E-state index contributed by atoms with van der Waals surface area (Å²) in [5.41, 5.74) is 0.268. The van der Waals surface area contributed by atoms with E-state index in [1.807, 2.05) is 0 Å². The maximum absolute atomic E-state index is 13.2. The lowest BCUT2D eigenvalue weighted by Crippen LogP contribution is -1.98. The lowest BCUT2D eigenvalue weighted by atomic mass is 10.2. The van der Waals surface area contributed by atoms with Crippen molar-refractivity contribution in [3.05, 3.63) is 67.9 Å². The van der Waals surface area contributed by atoms with Gasteiger partial charge >= 0.3 is 0 Å². The van der Waals surface area contributed by atoms with Crippen LogP contribution in [-0.2, 0) is 6.61 Å². The number of benzene rings is 2. The smallest absolute Gasteiger partial charge is 0.288 e. The normalized spacial score (nSPS) is 10.3. The molecule has 0 spiro atoms. The Labute approximate surface area is 123 Å². The van der Waals surface area contributed by atoms with E-state index in [4.69, 9.17) is 27.9 Å². The van der Waals surface area contributed by atoms with Crippen LogP contribution in [0.3, 0.4) is 0 Å². The van der Waals surface area contributed by atoms with Crippen molar-refractivity contribution in [3.8, 4) is 5.75 Å². The summed E-state index contributed by atoms with van der Waals surface area (Å²) in [7, 11) is 0. The Bertz CT molecular complexity index is 664. The Morgan fingerprint density at radius 1 is 1.25 bits per heavy atom. The first-order valence-corrected chi connectivity index (χ1v) is 6.24. The molecule has 0 radical (unpaired) electrons. The fourth-order valence-corrected chi connectivity index (χ4v) is 1.97. The molecule has 0 aliphatic rings. The summed E-state index contributed by atoms with van der Waals surface area (Å²) in [6.07, 6.45) is 0. The van der Waals surface area contributed by atoms with Crippen molar-refractivity contribution in [1.82, 2.24) is 0 Å². The molecule has 2 aromatic carbocycles. The third kappa shape index (κ3) is 3.18. The average Bonchev–Trinajstić information content (AvgIpc) is 2.40. The van der Waals surface area contributed by atoms with E-state index in [0.29, 0.717) is 11.3 Å². The number of rotatable bonds is 4. The number of halogens is 3. The summed E-state index contributed by atoms with van der Waals surface area (Å²) in [6, 6.07) is 8.37. The molecule has 2 rings (SSSR count). The van der Waals surface area contributed by atoms with E-state index < -0.39 is 10.7 Å². The fraction of sp³-hybridized carbons (Fsp3) is 0.0769. The average molecular weight is 316 g/mol. The number of hydrogen-bond donors (Lipinski definition) is 0.